The average molecular weight is 558 g/mol. The zero-order chi connectivity index (χ0) is 28.2. The Morgan fingerprint density at radius 1 is 0.846 bits per heavy atom. The summed E-state index contributed by atoms with van der Waals surface area (Å²) in [4.78, 5) is 23.4. The van der Waals surface area contributed by atoms with E-state index in [0.29, 0.717) is 34.8 Å². The van der Waals surface area contributed by atoms with Gasteiger partial charge in [-0.25, -0.2) is 17.2 Å². The van der Waals surface area contributed by atoms with Gasteiger partial charge in [0.2, 0.25) is 10.0 Å². The van der Waals surface area contributed by atoms with Crippen LogP contribution >= 0.6 is 0 Å². The van der Waals surface area contributed by atoms with Crippen LogP contribution in [0.2, 0.25) is 0 Å². The van der Waals surface area contributed by atoms with Crippen molar-refractivity contribution in [1.82, 2.24) is 4.31 Å². The number of Topliss-reactive ketones (excluding diaryl/α,β-unsaturated/α-hetero) is 2. The minimum Gasteiger partial charge on any atom is -0.497 e. The van der Waals surface area contributed by atoms with Gasteiger partial charge in [-0.15, -0.1) is 0 Å². The Labute approximate surface area is 226 Å². The minimum absolute atomic E-state index is 0.187. The maximum absolute atomic E-state index is 15.2. The van der Waals surface area contributed by atoms with E-state index in [9.17, 15) is 18.0 Å². The Balaban J connectivity index is 1.64. The van der Waals surface area contributed by atoms with Crippen LogP contribution in [0, 0.1) is 17.6 Å². The zero-order valence-electron chi connectivity index (χ0n) is 21.7. The number of sulfonamides is 1. The molecule has 0 aromatic heterocycles. The summed E-state index contributed by atoms with van der Waals surface area (Å²) in [5, 5.41) is 0. The second kappa shape index (κ2) is 12.0. The molecule has 0 spiro atoms. The molecule has 39 heavy (non-hydrogen) atoms. The van der Waals surface area contributed by atoms with Crippen molar-refractivity contribution in [3.8, 4) is 11.5 Å². The summed E-state index contributed by atoms with van der Waals surface area (Å²) in [7, 11) is -1.72. The van der Waals surface area contributed by atoms with Gasteiger partial charge in [0.1, 0.15) is 28.9 Å². The normalized spacial score (nSPS) is 13.4. The smallest absolute Gasteiger partial charge is 0.249 e. The van der Waals surface area contributed by atoms with Crippen LogP contribution in [-0.2, 0) is 27.9 Å². The maximum Gasteiger partial charge on any atom is 0.249 e. The van der Waals surface area contributed by atoms with Gasteiger partial charge in [-0.2, -0.15) is 4.31 Å². The molecule has 0 atom stereocenters. The SMILES string of the molecule is COc1ccc(CN(Cc2ccc(OC)cc2)S(=O)(=O)c2c(F)cc(C(=O)CC(=O)CC3CC3)cc2F)cc1. The van der Waals surface area contributed by atoms with E-state index < -0.39 is 38.8 Å². The van der Waals surface area contributed by atoms with Gasteiger partial charge in [0.25, 0.3) is 0 Å². The number of hydrogen-bond donors (Lipinski definition) is 0. The molecule has 0 aliphatic heterocycles. The second-order valence-electron chi connectivity index (χ2n) is 9.52. The highest BCUT2D eigenvalue weighted by molar-refractivity contribution is 7.89. The summed E-state index contributed by atoms with van der Waals surface area (Å²) >= 11 is 0. The molecule has 1 fully saturated rings. The molecule has 7 nitrogen and oxygen atoms in total. The summed E-state index contributed by atoms with van der Waals surface area (Å²) < 4.78 is 69.1. The highest BCUT2D eigenvalue weighted by Crippen LogP contribution is 2.33. The third kappa shape index (κ3) is 7.07. The number of benzene rings is 3. The third-order valence-corrected chi connectivity index (χ3v) is 8.37. The van der Waals surface area contributed by atoms with Crippen molar-refractivity contribution in [3.05, 3.63) is 89.0 Å². The lowest BCUT2D eigenvalue weighted by molar-refractivity contribution is -0.118. The number of nitrogens with zero attached hydrogens (tertiary/aromatic N) is 1. The van der Waals surface area contributed by atoms with Gasteiger partial charge in [-0.05, 0) is 66.3 Å². The average Bonchev–Trinajstić information content (AvgIpc) is 3.72. The Hall–Kier alpha value is -3.63. The van der Waals surface area contributed by atoms with Crippen molar-refractivity contribution in [1.29, 1.82) is 0 Å². The first kappa shape index (κ1) is 28.4. The molecule has 0 N–H and O–H groups in total. The molecule has 3 aromatic rings. The van der Waals surface area contributed by atoms with E-state index in [4.69, 9.17) is 9.47 Å². The molecular formula is C29H29F2NO6S. The Morgan fingerprint density at radius 3 is 1.72 bits per heavy atom. The van der Waals surface area contributed by atoms with Crippen LogP contribution in [0.3, 0.4) is 0 Å². The lowest BCUT2D eigenvalue weighted by atomic mass is 10.0. The number of carbonyl (C=O) groups excluding carboxylic acids is 2. The third-order valence-electron chi connectivity index (χ3n) is 6.53. The molecule has 1 saturated carbocycles. The molecule has 4 rings (SSSR count). The van der Waals surface area contributed by atoms with Crippen molar-refractivity contribution in [3.63, 3.8) is 0 Å². The predicted octanol–water partition coefficient (Wildman–Crippen LogP) is 5.32. The fourth-order valence-corrected chi connectivity index (χ4v) is 5.70. The number of ether oxygens (including phenoxy) is 2. The Morgan fingerprint density at radius 2 is 1.31 bits per heavy atom. The number of rotatable bonds is 13. The quantitative estimate of drug-likeness (QED) is 0.209. The number of carbonyl (C=O) groups is 2. The van der Waals surface area contributed by atoms with Gasteiger partial charge in [0, 0.05) is 25.1 Å². The topological polar surface area (TPSA) is 90.0 Å². The highest BCUT2D eigenvalue weighted by atomic mass is 32.2. The summed E-state index contributed by atoms with van der Waals surface area (Å²) in [6.45, 7) is -0.374. The Kier molecular flexibility index (Phi) is 8.76. The van der Waals surface area contributed by atoms with E-state index >= 15 is 8.78 Å². The molecular weight excluding hydrogens is 528 g/mol. The van der Waals surface area contributed by atoms with E-state index in [1.807, 2.05) is 0 Å². The molecule has 0 radical (unpaired) electrons. The molecule has 10 heteroatoms. The van der Waals surface area contributed by atoms with Crippen molar-refractivity contribution in [2.24, 2.45) is 5.92 Å². The predicted molar refractivity (Wildman–Crippen MR) is 140 cm³/mol. The van der Waals surface area contributed by atoms with Gasteiger partial charge >= 0.3 is 0 Å². The van der Waals surface area contributed by atoms with Crippen LogP contribution in [0.4, 0.5) is 8.78 Å². The van der Waals surface area contributed by atoms with Crippen LogP contribution in [0.15, 0.2) is 65.6 Å². The largest absolute Gasteiger partial charge is 0.497 e. The van der Waals surface area contributed by atoms with E-state index in [1.165, 1.54) is 14.2 Å². The molecule has 3 aromatic carbocycles. The monoisotopic (exact) mass is 557 g/mol. The van der Waals surface area contributed by atoms with E-state index in [2.05, 4.69) is 0 Å². The van der Waals surface area contributed by atoms with E-state index in [-0.39, 0.29) is 36.8 Å². The van der Waals surface area contributed by atoms with Gasteiger partial charge in [0.15, 0.2) is 10.7 Å². The summed E-state index contributed by atoms with van der Waals surface area (Å²) in [6, 6.07) is 14.6. The van der Waals surface area contributed by atoms with Crippen molar-refractivity contribution < 1.29 is 36.3 Å². The molecule has 0 bridgehead atoms. The first-order chi connectivity index (χ1) is 18.6. The highest BCUT2D eigenvalue weighted by Gasteiger charge is 2.33. The molecule has 0 unspecified atom stereocenters. The number of ketones is 2. The Bertz CT molecular complexity index is 1380. The van der Waals surface area contributed by atoms with E-state index in [0.717, 1.165) is 17.1 Å². The lowest BCUT2D eigenvalue weighted by Gasteiger charge is -2.23. The number of hydrogen-bond acceptors (Lipinski definition) is 6. The molecule has 1 aliphatic carbocycles. The fourth-order valence-electron chi connectivity index (χ4n) is 4.19. The van der Waals surface area contributed by atoms with Gasteiger partial charge < -0.3 is 9.47 Å². The fraction of sp³-hybridized carbons (Fsp3) is 0.310. The van der Waals surface area contributed by atoms with Crippen molar-refractivity contribution >= 4 is 21.6 Å². The molecule has 0 amide bonds. The summed E-state index contributed by atoms with van der Waals surface area (Å²) in [5.41, 5.74) is 0.745. The molecule has 0 heterocycles. The molecule has 206 valence electrons. The first-order valence-corrected chi connectivity index (χ1v) is 13.8. The zero-order valence-corrected chi connectivity index (χ0v) is 22.5. The van der Waals surface area contributed by atoms with E-state index in [1.54, 1.807) is 48.5 Å². The number of halogens is 2. The summed E-state index contributed by atoms with van der Waals surface area (Å²) in [5.74, 6) is -2.45. The van der Waals surface area contributed by atoms with Crippen LogP contribution in [0.25, 0.3) is 0 Å². The van der Waals surface area contributed by atoms with Crippen LogP contribution in [0.1, 0.15) is 47.2 Å². The van der Waals surface area contributed by atoms with Crippen molar-refractivity contribution in [2.45, 2.75) is 43.7 Å². The standard InChI is InChI=1S/C29H29F2NO6S/c1-37-24-9-5-20(6-10-24)17-32(18-21-7-11-25(38-2)12-8-21)39(35,36)29-26(30)14-22(15-27(29)31)28(34)16-23(33)13-19-3-4-19/h5-12,14-15,19H,3-4,13,16-18H2,1-2H3. The van der Waals surface area contributed by atoms with Gasteiger partial charge in [0.05, 0.1) is 20.6 Å². The van der Waals surface area contributed by atoms with Gasteiger partial charge in [-0.1, -0.05) is 24.3 Å². The second-order valence-corrected chi connectivity index (χ2v) is 11.4. The van der Waals surface area contributed by atoms with Crippen LogP contribution in [0.5, 0.6) is 11.5 Å². The first-order valence-electron chi connectivity index (χ1n) is 12.4. The van der Waals surface area contributed by atoms with Crippen molar-refractivity contribution in [2.75, 3.05) is 14.2 Å². The molecule has 1 aliphatic rings. The van der Waals surface area contributed by atoms with Crippen LogP contribution in [-0.4, -0.2) is 38.5 Å². The summed E-state index contributed by atoms with van der Waals surface area (Å²) in [6.07, 6.45) is 1.63. The molecule has 0 saturated heterocycles. The lowest BCUT2D eigenvalue weighted by Crippen LogP contribution is -2.31. The number of methoxy groups -OCH3 is 2. The van der Waals surface area contributed by atoms with Gasteiger partial charge in [-0.3, -0.25) is 9.59 Å². The maximum atomic E-state index is 15.2. The minimum atomic E-state index is -4.72. The van der Waals surface area contributed by atoms with Crippen LogP contribution < -0.4 is 9.47 Å².